The Morgan fingerprint density at radius 2 is 1.89 bits per heavy atom. The van der Waals surface area contributed by atoms with E-state index in [1.54, 1.807) is 0 Å². The van der Waals surface area contributed by atoms with Crippen molar-refractivity contribution < 1.29 is 4.79 Å². The maximum Gasteiger partial charge on any atom is 0.322 e. The van der Waals surface area contributed by atoms with Crippen molar-refractivity contribution in [2.75, 3.05) is 18.4 Å². The average Bonchev–Trinajstić information content (AvgIpc) is 2.46. The van der Waals surface area contributed by atoms with Crippen molar-refractivity contribution in [3.05, 3.63) is 30.3 Å². The van der Waals surface area contributed by atoms with Gasteiger partial charge in [0, 0.05) is 24.8 Å². The van der Waals surface area contributed by atoms with Gasteiger partial charge in [-0.2, -0.15) is 0 Å². The number of amides is 2. The van der Waals surface area contributed by atoms with Crippen molar-refractivity contribution in [3.8, 4) is 0 Å². The molecule has 4 heteroatoms. The van der Waals surface area contributed by atoms with Crippen LogP contribution < -0.4 is 11.1 Å². The van der Waals surface area contributed by atoms with Crippen LogP contribution in [0.4, 0.5) is 10.5 Å². The number of nitrogens with zero attached hydrogens (tertiary/aromatic N) is 1. The molecular formula is C15H23N3O. The number of nitrogens with one attached hydrogen (secondary N) is 1. The van der Waals surface area contributed by atoms with Crippen molar-refractivity contribution in [2.24, 2.45) is 5.73 Å². The van der Waals surface area contributed by atoms with Crippen molar-refractivity contribution in [3.63, 3.8) is 0 Å². The maximum absolute atomic E-state index is 12.4. The molecule has 0 heterocycles. The fourth-order valence-corrected chi connectivity index (χ4v) is 2.70. The summed E-state index contributed by atoms with van der Waals surface area (Å²) in [6, 6.07) is 9.91. The third kappa shape index (κ3) is 3.96. The van der Waals surface area contributed by atoms with Gasteiger partial charge in [0.25, 0.3) is 0 Å². The van der Waals surface area contributed by atoms with E-state index in [-0.39, 0.29) is 6.03 Å². The van der Waals surface area contributed by atoms with Gasteiger partial charge in [-0.1, -0.05) is 37.5 Å². The van der Waals surface area contributed by atoms with Crippen LogP contribution in [0.3, 0.4) is 0 Å². The van der Waals surface area contributed by atoms with Crippen molar-refractivity contribution in [1.29, 1.82) is 0 Å². The summed E-state index contributed by atoms with van der Waals surface area (Å²) in [5.74, 6) is 0. The fraction of sp³-hybridized carbons (Fsp3) is 0.533. The number of hydrogen-bond donors (Lipinski definition) is 2. The van der Waals surface area contributed by atoms with Gasteiger partial charge < -0.3 is 16.0 Å². The normalized spacial score (nSPS) is 16.1. The molecule has 0 radical (unpaired) electrons. The van der Waals surface area contributed by atoms with Crippen LogP contribution >= 0.6 is 0 Å². The number of urea groups is 1. The zero-order valence-electron chi connectivity index (χ0n) is 11.3. The van der Waals surface area contributed by atoms with Gasteiger partial charge in [-0.05, 0) is 25.0 Å². The largest absolute Gasteiger partial charge is 0.329 e. The van der Waals surface area contributed by atoms with Crippen LogP contribution in [0.15, 0.2) is 30.3 Å². The first kappa shape index (κ1) is 13.9. The molecule has 0 aliphatic heterocycles. The van der Waals surface area contributed by atoms with Gasteiger partial charge >= 0.3 is 6.03 Å². The Morgan fingerprint density at radius 3 is 2.53 bits per heavy atom. The summed E-state index contributed by atoms with van der Waals surface area (Å²) >= 11 is 0. The van der Waals surface area contributed by atoms with E-state index in [1.165, 1.54) is 19.3 Å². The number of carbonyl (C=O) groups excluding carboxylic acids is 1. The molecule has 19 heavy (non-hydrogen) atoms. The minimum Gasteiger partial charge on any atom is -0.329 e. The van der Waals surface area contributed by atoms with E-state index in [2.05, 4.69) is 5.32 Å². The third-order valence-corrected chi connectivity index (χ3v) is 3.67. The molecule has 0 saturated heterocycles. The topological polar surface area (TPSA) is 58.4 Å². The van der Waals surface area contributed by atoms with Crippen LogP contribution in [0.1, 0.15) is 32.1 Å². The van der Waals surface area contributed by atoms with Gasteiger partial charge in [0.15, 0.2) is 0 Å². The van der Waals surface area contributed by atoms with Gasteiger partial charge in [-0.15, -0.1) is 0 Å². The second-order valence-electron chi connectivity index (χ2n) is 5.07. The molecule has 1 aromatic carbocycles. The number of para-hydroxylation sites is 1. The number of hydrogen-bond acceptors (Lipinski definition) is 2. The predicted molar refractivity (Wildman–Crippen MR) is 78.1 cm³/mol. The van der Waals surface area contributed by atoms with E-state index in [4.69, 9.17) is 5.73 Å². The third-order valence-electron chi connectivity index (χ3n) is 3.67. The molecule has 2 amide bonds. The van der Waals surface area contributed by atoms with Gasteiger partial charge in [-0.3, -0.25) is 0 Å². The molecule has 0 spiro atoms. The first-order valence-electron chi connectivity index (χ1n) is 7.14. The first-order chi connectivity index (χ1) is 9.31. The van der Waals surface area contributed by atoms with Gasteiger partial charge in [0.2, 0.25) is 0 Å². The molecule has 1 aliphatic carbocycles. The van der Waals surface area contributed by atoms with Crippen LogP contribution in [0.2, 0.25) is 0 Å². The van der Waals surface area contributed by atoms with Gasteiger partial charge in [0.1, 0.15) is 0 Å². The highest BCUT2D eigenvalue weighted by Crippen LogP contribution is 2.23. The molecule has 104 valence electrons. The lowest BCUT2D eigenvalue weighted by Crippen LogP contribution is -2.46. The molecule has 0 unspecified atom stereocenters. The minimum absolute atomic E-state index is 0.0245. The smallest absolute Gasteiger partial charge is 0.322 e. The number of rotatable bonds is 4. The Hall–Kier alpha value is -1.55. The molecule has 1 fully saturated rings. The van der Waals surface area contributed by atoms with Crippen molar-refractivity contribution >= 4 is 11.7 Å². The van der Waals surface area contributed by atoms with E-state index in [1.807, 2.05) is 35.2 Å². The van der Waals surface area contributed by atoms with Crippen molar-refractivity contribution in [2.45, 2.75) is 38.1 Å². The van der Waals surface area contributed by atoms with E-state index < -0.39 is 0 Å². The lowest BCUT2D eigenvalue weighted by molar-refractivity contribution is 0.169. The molecule has 0 bridgehead atoms. The van der Waals surface area contributed by atoms with Crippen LogP contribution in [-0.4, -0.2) is 30.1 Å². The lowest BCUT2D eigenvalue weighted by atomic mass is 9.94. The Bertz CT molecular complexity index is 388. The van der Waals surface area contributed by atoms with E-state index in [9.17, 15) is 4.79 Å². The highest BCUT2D eigenvalue weighted by Gasteiger charge is 2.24. The Labute approximate surface area is 115 Å². The second-order valence-corrected chi connectivity index (χ2v) is 5.07. The number of carbonyl (C=O) groups is 1. The van der Waals surface area contributed by atoms with Gasteiger partial charge in [-0.25, -0.2) is 4.79 Å². The summed E-state index contributed by atoms with van der Waals surface area (Å²) in [5, 5.41) is 2.96. The molecule has 2 rings (SSSR count). The molecule has 1 aliphatic rings. The summed E-state index contributed by atoms with van der Waals surface area (Å²) in [5.41, 5.74) is 6.48. The maximum atomic E-state index is 12.4. The van der Waals surface area contributed by atoms with Crippen LogP contribution in [0.25, 0.3) is 0 Å². The predicted octanol–water partition coefficient (Wildman–Crippen LogP) is 2.81. The molecule has 1 aromatic rings. The van der Waals surface area contributed by atoms with Crippen LogP contribution in [0, 0.1) is 0 Å². The Kier molecular flexibility index (Phi) is 5.21. The highest BCUT2D eigenvalue weighted by molar-refractivity contribution is 5.89. The molecule has 4 nitrogen and oxygen atoms in total. The SMILES string of the molecule is NCCN(C(=O)Nc1ccccc1)C1CCCCC1. The standard InChI is InChI=1S/C15H23N3O/c16-11-12-18(14-9-5-2-6-10-14)15(19)17-13-7-3-1-4-8-13/h1,3-4,7-8,14H,2,5-6,9-12,16H2,(H,17,19). The van der Waals surface area contributed by atoms with Crippen LogP contribution in [0.5, 0.6) is 0 Å². The lowest BCUT2D eigenvalue weighted by Gasteiger charge is -2.34. The molecule has 0 atom stereocenters. The summed E-state index contributed by atoms with van der Waals surface area (Å²) in [4.78, 5) is 14.3. The van der Waals surface area contributed by atoms with Crippen molar-refractivity contribution in [1.82, 2.24) is 4.90 Å². The Balaban J connectivity index is 1.99. The molecule has 3 N–H and O–H groups in total. The number of benzene rings is 1. The average molecular weight is 261 g/mol. The summed E-state index contributed by atoms with van der Waals surface area (Å²) in [6.45, 7) is 1.14. The quantitative estimate of drug-likeness (QED) is 0.875. The number of anilines is 1. The zero-order valence-corrected chi connectivity index (χ0v) is 11.3. The minimum atomic E-state index is -0.0245. The molecule has 0 aromatic heterocycles. The molecule has 1 saturated carbocycles. The monoisotopic (exact) mass is 261 g/mol. The summed E-state index contributed by atoms with van der Waals surface area (Å²) in [7, 11) is 0. The highest BCUT2D eigenvalue weighted by atomic mass is 16.2. The molecular weight excluding hydrogens is 238 g/mol. The Morgan fingerprint density at radius 1 is 1.21 bits per heavy atom. The van der Waals surface area contributed by atoms with E-state index in [0.717, 1.165) is 18.5 Å². The van der Waals surface area contributed by atoms with E-state index >= 15 is 0 Å². The van der Waals surface area contributed by atoms with Gasteiger partial charge in [0.05, 0.1) is 0 Å². The van der Waals surface area contributed by atoms with Crippen LogP contribution in [-0.2, 0) is 0 Å². The zero-order chi connectivity index (χ0) is 13.5. The first-order valence-corrected chi connectivity index (χ1v) is 7.14. The number of nitrogens with two attached hydrogens (primary N) is 1. The summed E-state index contributed by atoms with van der Waals surface area (Å²) < 4.78 is 0. The second kappa shape index (κ2) is 7.14. The summed E-state index contributed by atoms with van der Waals surface area (Å²) in [6.07, 6.45) is 5.91. The van der Waals surface area contributed by atoms with E-state index in [0.29, 0.717) is 19.1 Å². The fourth-order valence-electron chi connectivity index (χ4n) is 2.70.